The normalized spacial score (nSPS) is 17.3. The van der Waals surface area contributed by atoms with Crippen molar-refractivity contribution < 1.29 is 19.1 Å². The van der Waals surface area contributed by atoms with Crippen LogP contribution in [-0.2, 0) is 14.3 Å². The molecular formula is C15H25NO4. The summed E-state index contributed by atoms with van der Waals surface area (Å²) in [4.78, 5) is 24.8. The lowest BCUT2D eigenvalue weighted by atomic mass is 9.96. The Bertz CT molecular complexity index is 363. The molecule has 0 spiro atoms. The number of ether oxygens (including phenoxy) is 2. The number of hydrogen-bond donors (Lipinski definition) is 0. The Labute approximate surface area is 120 Å². The van der Waals surface area contributed by atoms with Crippen LogP contribution in [0.4, 0.5) is 4.79 Å². The van der Waals surface area contributed by atoms with E-state index in [0.717, 1.165) is 12.8 Å². The number of allylic oxidation sites excluding steroid dienone is 1. The number of esters is 1. The number of piperidine rings is 1. The Kier molecular flexibility index (Phi) is 6.05. The van der Waals surface area contributed by atoms with Crippen molar-refractivity contribution >= 4 is 12.1 Å². The van der Waals surface area contributed by atoms with Gasteiger partial charge < -0.3 is 14.4 Å². The summed E-state index contributed by atoms with van der Waals surface area (Å²) in [6, 6.07) is 0. The van der Waals surface area contributed by atoms with Crippen molar-refractivity contribution in [3.63, 3.8) is 0 Å². The van der Waals surface area contributed by atoms with Gasteiger partial charge in [0, 0.05) is 19.2 Å². The summed E-state index contributed by atoms with van der Waals surface area (Å²) in [6.45, 7) is 9.07. The highest BCUT2D eigenvalue weighted by Crippen LogP contribution is 2.20. The molecule has 1 fully saturated rings. The second kappa shape index (κ2) is 7.31. The first-order valence-corrected chi connectivity index (χ1v) is 7.14. The number of hydrogen-bond acceptors (Lipinski definition) is 4. The Balaban J connectivity index is 2.36. The molecule has 1 rings (SSSR count). The van der Waals surface area contributed by atoms with Gasteiger partial charge in [0.25, 0.3) is 0 Å². The number of amides is 1. The van der Waals surface area contributed by atoms with Crippen LogP contribution >= 0.6 is 0 Å². The molecule has 0 bridgehead atoms. The molecule has 0 aromatic carbocycles. The first-order chi connectivity index (χ1) is 9.31. The topological polar surface area (TPSA) is 55.8 Å². The van der Waals surface area contributed by atoms with E-state index < -0.39 is 5.60 Å². The zero-order valence-electron chi connectivity index (χ0n) is 12.8. The molecule has 0 aromatic rings. The Morgan fingerprint density at radius 1 is 1.25 bits per heavy atom. The first-order valence-electron chi connectivity index (χ1n) is 7.14. The monoisotopic (exact) mass is 283 g/mol. The van der Waals surface area contributed by atoms with E-state index in [-0.39, 0.29) is 12.1 Å². The van der Waals surface area contributed by atoms with Crippen LogP contribution in [0.1, 0.15) is 40.5 Å². The molecule has 1 heterocycles. The molecule has 0 radical (unpaired) electrons. The fourth-order valence-corrected chi connectivity index (χ4v) is 2.01. The third-order valence-electron chi connectivity index (χ3n) is 2.98. The van der Waals surface area contributed by atoms with Crippen LogP contribution in [0, 0.1) is 5.92 Å². The van der Waals surface area contributed by atoms with Crippen LogP contribution in [0.15, 0.2) is 12.2 Å². The van der Waals surface area contributed by atoms with Crippen molar-refractivity contribution in [2.24, 2.45) is 5.92 Å². The fourth-order valence-electron chi connectivity index (χ4n) is 2.01. The summed E-state index contributed by atoms with van der Waals surface area (Å²) in [7, 11) is 0. The highest BCUT2D eigenvalue weighted by molar-refractivity contribution is 5.81. The van der Waals surface area contributed by atoms with Crippen LogP contribution in [0.3, 0.4) is 0 Å². The van der Waals surface area contributed by atoms with Crippen LogP contribution in [-0.4, -0.2) is 42.3 Å². The largest absolute Gasteiger partial charge is 0.463 e. The lowest BCUT2D eigenvalue weighted by Crippen LogP contribution is -2.41. The highest BCUT2D eigenvalue weighted by atomic mass is 16.6. The van der Waals surface area contributed by atoms with Crippen molar-refractivity contribution in [3.8, 4) is 0 Å². The third-order valence-corrected chi connectivity index (χ3v) is 2.98. The summed E-state index contributed by atoms with van der Waals surface area (Å²) >= 11 is 0. The predicted molar refractivity (Wildman–Crippen MR) is 76.3 cm³/mol. The zero-order valence-corrected chi connectivity index (χ0v) is 12.8. The predicted octanol–water partition coefficient (Wildman–Crippen LogP) is 2.75. The van der Waals surface area contributed by atoms with Gasteiger partial charge in [-0.25, -0.2) is 9.59 Å². The Morgan fingerprint density at radius 2 is 1.85 bits per heavy atom. The second-order valence-corrected chi connectivity index (χ2v) is 5.92. The smallest absolute Gasteiger partial charge is 0.410 e. The number of carbonyl (C=O) groups is 2. The Hall–Kier alpha value is -1.52. The maximum Gasteiger partial charge on any atom is 0.410 e. The number of rotatable bonds is 3. The molecule has 1 saturated heterocycles. The van der Waals surface area contributed by atoms with Crippen molar-refractivity contribution in [2.45, 2.75) is 46.1 Å². The van der Waals surface area contributed by atoms with Gasteiger partial charge in [-0.3, -0.25) is 0 Å². The van der Waals surface area contributed by atoms with E-state index in [1.807, 2.05) is 26.8 Å². The minimum Gasteiger partial charge on any atom is -0.463 e. The molecule has 0 atom stereocenters. The standard InChI is InChI=1S/C15H25NO4/c1-5-19-13(17)7-6-12-8-10-16(11-9-12)14(18)20-15(2,3)4/h6-7,12H,5,8-11H2,1-4H3/b7-6-. The third kappa shape index (κ3) is 6.08. The molecule has 1 aliphatic rings. The summed E-state index contributed by atoms with van der Waals surface area (Å²) < 4.78 is 10.2. The van der Waals surface area contributed by atoms with Crippen molar-refractivity contribution in [2.75, 3.05) is 19.7 Å². The molecule has 0 N–H and O–H groups in total. The van der Waals surface area contributed by atoms with Crippen LogP contribution in [0.2, 0.25) is 0 Å². The fraction of sp³-hybridized carbons (Fsp3) is 0.733. The van der Waals surface area contributed by atoms with Crippen LogP contribution in [0.5, 0.6) is 0 Å². The van der Waals surface area contributed by atoms with Gasteiger partial charge in [-0.15, -0.1) is 0 Å². The summed E-state index contributed by atoms with van der Waals surface area (Å²) in [5, 5.41) is 0. The van der Waals surface area contributed by atoms with Gasteiger partial charge in [-0.2, -0.15) is 0 Å². The van der Waals surface area contributed by atoms with E-state index in [9.17, 15) is 9.59 Å². The van der Waals surface area contributed by atoms with Gasteiger partial charge in [-0.05, 0) is 46.5 Å². The molecule has 0 aliphatic carbocycles. The molecule has 1 aliphatic heterocycles. The van der Waals surface area contributed by atoms with Gasteiger partial charge in [0.1, 0.15) is 5.60 Å². The van der Waals surface area contributed by atoms with Gasteiger partial charge >= 0.3 is 12.1 Å². The number of nitrogens with zero attached hydrogens (tertiary/aromatic N) is 1. The molecule has 0 aromatic heterocycles. The summed E-state index contributed by atoms with van der Waals surface area (Å²) in [5.41, 5.74) is -0.461. The second-order valence-electron chi connectivity index (χ2n) is 5.92. The van der Waals surface area contributed by atoms with E-state index in [4.69, 9.17) is 9.47 Å². The lowest BCUT2D eigenvalue weighted by Gasteiger charge is -2.32. The molecule has 20 heavy (non-hydrogen) atoms. The van der Waals surface area contributed by atoms with E-state index in [1.54, 1.807) is 11.8 Å². The molecule has 114 valence electrons. The molecule has 5 nitrogen and oxygen atoms in total. The number of carbonyl (C=O) groups excluding carboxylic acids is 2. The SMILES string of the molecule is CCOC(=O)/C=C\C1CCN(C(=O)OC(C)(C)C)CC1. The average Bonchev–Trinajstić information content (AvgIpc) is 2.35. The Morgan fingerprint density at radius 3 is 2.35 bits per heavy atom. The molecular weight excluding hydrogens is 258 g/mol. The van der Waals surface area contributed by atoms with E-state index in [2.05, 4.69) is 0 Å². The van der Waals surface area contributed by atoms with Crippen LogP contribution < -0.4 is 0 Å². The first kappa shape index (κ1) is 16.5. The quantitative estimate of drug-likeness (QED) is 0.590. The van der Waals surface area contributed by atoms with Crippen LogP contribution in [0.25, 0.3) is 0 Å². The van der Waals surface area contributed by atoms with Crippen molar-refractivity contribution in [1.82, 2.24) is 4.90 Å². The van der Waals surface area contributed by atoms with E-state index in [1.165, 1.54) is 6.08 Å². The zero-order chi connectivity index (χ0) is 15.2. The maximum atomic E-state index is 11.9. The van der Waals surface area contributed by atoms with Crippen molar-refractivity contribution in [1.29, 1.82) is 0 Å². The van der Waals surface area contributed by atoms with E-state index in [0.29, 0.717) is 25.6 Å². The highest BCUT2D eigenvalue weighted by Gasteiger charge is 2.25. The van der Waals surface area contributed by atoms with Gasteiger partial charge in [-0.1, -0.05) is 6.08 Å². The van der Waals surface area contributed by atoms with E-state index >= 15 is 0 Å². The summed E-state index contributed by atoms with van der Waals surface area (Å²) in [6.07, 6.45) is 4.79. The van der Waals surface area contributed by atoms with Gasteiger partial charge in [0.15, 0.2) is 0 Å². The minimum absolute atomic E-state index is 0.259. The van der Waals surface area contributed by atoms with Crippen molar-refractivity contribution in [3.05, 3.63) is 12.2 Å². The maximum absolute atomic E-state index is 11.9. The van der Waals surface area contributed by atoms with Gasteiger partial charge in [0.05, 0.1) is 6.61 Å². The molecule has 0 saturated carbocycles. The van der Waals surface area contributed by atoms with Gasteiger partial charge in [0.2, 0.25) is 0 Å². The average molecular weight is 283 g/mol. The lowest BCUT2D eigenvalue weighted by molar-refractivity contribution is -0.137. The minimum atomic E-state index is -0.461. The molecule has 1 amide bonds. The molecule has 5 heteroatoms. The summed E-state index contributed by atoms with van der Waals surface area (Å²) in [5.74, 6) is 0.0140. The number of likely N-dealkylation sites (tertiary alicyclic amines) is 1. The molecule has 0 unspecified atom stereocenters.